The molecule has 18 heavy (non-hydrogen) atoms. The molecule has 0 aliphatic rings. The second-order valence-corrected chi connectivity index (χ2v) is 4.79. The summed E-state index contributed by atoms with van der Waals surface area (Å²) in [5.41, 5.74) is 1.03. The normalized spacial score (nSPS) is 12.2. The first-order chi connectivity index (χ1) is 8.81. The topological polar surface area (TPSA) is 30.5 Å². The van der Waals surface area contributed by atoms with E-state index in [-0.39, 0.29) is 6.04 Å². The predicted molar refractivity (Wildman–Crippen MR) is 74.8 cm³/mol. The zero-order chi connectivity index (χ0) is 13.0. The summed E-state index contributed by atoms with van der Waals surface area (Å²) in [5.74, 6) is 1.67. The molecule has 96 valence electrons. The highest BCUT2D eigenvalue weighted by Crippen LogP contribution is 2.38. The van der Waals surface area contributed by atoms with Crippen molar-refractivity contribution in [3.8, 4) is 11.5 Å². The Bertz CT molecular complexity index is 474. The Morgan fingerprint density at radius 1 is 1.06 bits per heavy atom. The van der Waals surface area contributed by atoms with E-state index < -0.39 is 0 Å². The van der Waals surface area contributed by atoms with Crippen molar-refractivity contribution in [3.05, 3.63) is 46.2 Å². The smallest absolute Gasteiger partial charge is 0.127 e. The van der Waals surface area contributed by atoms with Gasteiger partial charge in [-0.3, -0.25) is 0 Å². The van der Waals surface area contributed by atoms with E-state index in [0.717, 1.165) is 17.1 Å². The SMILES string of the molecule is CNC(c1cccs1)c1c(OC)cccc1OC. The molecule has 4 heteroatoms. The molecule has 0 bridgehead atoms. The summed E-state index contributed by atoms with van der Waals surface area (Å²) in [5, 5.41) is 5.39. The molecule has 0 aliphatic carbocycles. The summed E-state index contributed by atoms with van der Waals surface area (Å²) in [6, 6.07) is 10.1. The molecule has 0 aliphatic heterocycles. The third kappa shape index (κ3) is 2.35. The molecule has 2 aromatic rings. The molecule has 0 amide bonds. The monoisotopic (exact) mass is 263 g/mol. The first-order valence-corrected chi connectivity index (χ1v) is 6.61. The van der Waals surface area contributed by atoms with Crippen LogP contribution in [0.15, 0.2) is 35.7 Å². The van der Waals surface area contributed by atoms with Gasteiger partial charge in [0.15, 0.2) is 0 Å². The van der Waals surface area contributed by atoms with Crippen molar-refractivity contribution in [3.63, 3.8) is 0 Å². The van der Waals surface area contributed by atoms with Crippen LogP contribution in [0, 0.1) is 0 Å². The maximum atomic E-state index is 5.45. The molecule has 2 rings (SSSR count). The summed E-state index contributed by atoms with van der Waals surface area (Å²) < 4.78 is 10.9. The van der Waals surface area contributed by atoms with Crippen LogP contribution in [-0.4, -0.2) is 21.3 Å². The van der Waals surface area contributed by atoms with Crippen LogP contribution in [0.5, 0.6) is 11.5 Å². The van der Waals surface area contributed by atoms with Crippen molar-refractivity contribution in [2.24, 2.45) is 0 Å². The minimum absolute atomic E-state index is 0.0797. The Morgan fingerprint density at radius 3 is 2.17 bits per heavy atom. The molecule has 0 saturated heterocycles. The molecule has 1 aromatic carbocycles. The fraction of sp³-hybridized carbons (Fsp3) is 0.286. The number of rotatable bonds is 5. The van der Waals surface area contributed by atoms with Gasteiger partial charge in [-0.2, -0.15) is 0 Å². The summed E-state index contributed by atoms with van der Waals surface area (Å²) in [6.07, 6.45) is 0. The molecule has 0 spiro atoms. The zero-order valence-corrected chi connectivity index (χ0v) is 11.6. The van der Waals surface area contributed by atoms with Gasteiger partial charge in [0.25, 0.3) is 0 Å². The molecule has 1 unspecified atom stereocenters. The number of thiophene rings is 1. The molecule has 0 radical (unpaired) electrons. The fourth-order valence-electron chi connectivity index (χ4n) is 2.05. The molecular formula is C14H17NO2S. The average molecular weight is 263 g/mol. The highest BCUT2D eigenvalue weighted by Gasteiger charge is 2.21. The van der Waals surface area contributed by atoms with E-state index in [1.165, 1.54) is 4.88 Å². The van der Waals surface area contributed by atoms with E-state index in [0.29, 0.717) is 0 Å². The van der Waals surface area contributed by atoms with Gasteiger partial charge in [0, 0.05) is 4.88 Å². The van der Waals surface area contributed by atoms with E-state index in [1.54, 1.807) is 25.6 Å². The molecule has 0 saturated carbocycles. The van der Waals surface area contributed by atoms with Gasteiger partial charge in [-0.15, -0.1) is 11.3 Å². The van der Waals surface area contributed by atoms with Crippen LogP contribution in [0.4, 0.5) is 0 Å². The Balaban J connectivity index is 2.53. The Labute approximate surface area is 111 Å². The van der Waals surface area contributed by atoms with Gasteiger partial charge in [-0.1, -0.05) is 12.1 Å². The largest absolute Gasteiger partial charge is 0.496 e. The van der Waals surface area contributed by atoms with Gasteiger partial charge in [-0.25, -0.2) is 0 Å². The maximum absolute atomic E-state index is 5.45. The lowest BCUT2D eigenvalue weighted by molar-refractivity contribution is 0.379. The summed E-state index contributed by atoms with van der Waals surface area (Å²) >= 11 is 1.72. The van der Waals surface area contributed by atoms with Crippen LogP contribution >= 0.6 is 11.3 Å². The van der Waals surface area contributed by atoms with Crippen molar-refractivity contribution in [1.29, 1.82) is 0 Å². The molecule has 3 nitrogen and oxygen atoms in total. The van der Waals surface area contributed by atoms with Gasteiger partial charge < -0.3 is 14.8 Å². The lowest BCUT2D eigenvalue weighted by Crippen LogP contribution is -2.18. The first-order valence-electron chi connectivity index (χ1n) is 5.73. The summed E-state index contributed by atoms with van der Waals surface area (Å²) in [6.45, 7) is 0. The average Bonchev–Trinajstić information content (AvgIpc) is 2.93. The molecule has 0 fully saturated rings. The summed E-state index contributed by atoms with van der Waals surface area (Å²) in [7, 11) is 5.30. The highest BCUT2D eigenvalue weighted by molar-refractivity contribution is 7.10. The van der Waals surface area contributed by atoms with E-state index in [2.05, 4.69) is 16.8 Å². The van der Waals surface area contributed by atoms with Crippen LogP contribution in [0.2, 0.25) is 0 Å². The fourth-order valence-corrected chi connectivity index (χ4v) is 2.89. The Hall–Kier alpha value is -1.52. The molecular weight excluding hydrogens is 246 g/mol. The van der Waals surface area contributed by atoms with Crippen molar-refractivity contribution < 1.29 is 9.47 Å². The second-order valence-electron chi connectivity index (χ2n) is 3.81. The van der Waals surface area contributed by atoms with Gasteiger partial charge in [-0.05, 0) is 30.6 Å². The number of hydrogen-bond acceptors (Lipinski definition) is 4. The van der Waals surface area contributed by atoms with E-state index in [1.807, 2.05) is 31.3 Å². The van der Waals surface area contributed by atoms with Gasteiger partial charge >= 0.3 is 0 Å². The van der Waals surface area contributed by atoms with E-state index in [9.17, 15) is 0 Å². The second kappa shape index (κ2) is 5.89. The quantitative estimate of drug-likeness (QED) is 0.899. The van der Waals surface area contributed by atoms with Crippen LogP contribution in [0.25, 0.3) is 0 Å². The standard InChI is InChI=1S/C14H17NO2S/c1-15-14(12-8-5-9-18-12)13-10(16-2)6-4-7-11(13)17-3/h4-9,14-15H,1-3H3. The van der Waals surface area contributed by atoms with Crippen molar-refractivity contribution in [1.82, 2.24) is 5.32 Å². The van der Waals surface area contributed by atoms with Crippen LogP contribution in [0.1, 0.15) is 16.5 Å². The lowest BCUT2D eigenvalue weighted by atomic mass is 10.0. The highest BCUT2D eigenvalue weighted by atomic mass is 32.1. The van der Waals surface area contributed by atoms with Gasteiger partial charge in [0.2, 0.25) is 0 Å². The van der Waals surface area contributed by atoms with Crippen LogP contribution in [-0.2, 0) is 0 Å². The van der Waals surface area contributed by atoms with Crippen LogP contribution < -0.4 is 14.8 Å². The predicted octanol–water partition coefficient (Wildman–Crippen LogP) is 3.07. The van der Waals surface area contributed by atoms with Gasteiger partial charge in [0.05, 0.1) is 25.8 Å². The molecule has 1 atom stereocenters. The Morgan fingerprint density at radius 2 is 1.72 bits per heavy atom. The third-order valence-electron chi connectivity index (χ3n) is 2.87. The van der Waals surface area contributed by atoms with Crippen molar-refractivity contribution in [2.75, 3.05) is 21.3 Å². The molecule has 1 N–H and O–H groups in total. The number of benzene rings is 1. The van der Waals surface area contributed by atoms with E-state index >= 15 is 0 Å². The third-order valence-corrected chi connectivity index (χ3v) is 3.81. The number of hydrogen-bond donors (Lipinski definition) is 1. The zero-order valence-electron chi connectivity index (χ0n) is 10.8. The number of ether oxygens (including phenoxy) is 2. The maximum Gasteiger partial charge on any atom is 0.127 e. The Kier molecular flexibility index (Phi) is 4.23. The van der Waals surface area contributed by atoms with Crippen molar-refractivity contribution >= 4 is 11.3 Å². The minimum atomic E-state index is 0.0797. The van der Waals surface area contributed by atoms with E-state index in [4.69, 9.17) is 9.47 Å². The minimum Gasteiger partial charge on any atom is -0.496 e. The number of nitrogens with one attached hydrogen (secondary N) is 1. The van der Waals surface area contributed by atoms with Gasteiger partial charge in [0.1, 0.15) is 11.5 Å². The van der Waals surface area contributed by atoms with Crippen molar-refractivity contribution in [2.45, 2.75) is 6.04 Å². The molecule has 1 heterocycles. The lowest BCUT2D eigenvalue weighted by Gasteiger charge is -2.20. The molecule has 1 aromatic heterocycles. The van der Waals surface area contributed by atoms with Crippen LogP contribution in [0.3, 0.4) is 0 Å². The summed E-state index contributed by atoms with van der Waals surface area (Å²) in [4.78, 5) is 1.24. The first kappa shape index (κ1) is 12.9. The number of methoxy groups -OCH3 is 2.